The lowest BCUT2D eigenvalue weighted by Gasteiger charge is -2.11. The molecule has 0 saturated carbocycles. The van der Waals surface area contributed by atoms with Crippen LogP contribution in [0.1, 0.15) is 23.4 Å². The maximum Gasteiger partial charge on any atom is 0.291 e. The van der Waals surface area contributed by atoms with Crippen LogP contribution in [0.15, 0.2) is 54.8 Å². The van der Waals surface area contributed by atoms with Crippen LogP contribution in [0.4, 0.5) is 5.69 Å². The number of nitrogens with one attached hydrogen (secondary N) is 1. The molecule has 3 rings (SSSR count). The molecular formula is C16H16BrN3O4S. The summed E-state index contributed by atoms with van der Waals surface area (Å²) in [6, 6.07) is 9.02. The number of furan rings is 1. The molecule has 2 heterocycles. The summed E-state index contributed by atoms with van der Waals surface area (Å²) in [5.74, 6) is 0.300. The standard InChI is InChI=1S/C16H16BrN3O4S/c1-20-10-2-3-15(20)19-25(22,23)12-6-4-11(5-7-12)18-16(21)13-8-9-14(17)24-13/h4-9H,2-3,10H2,1H3,(H,18,21)/b19-15+. The van der Waals surface area contributed by atoms with Crippen LogP contribution in [0.2, 0.25) is 0 Å². The first-order valence-electron chi connectivity index (χ1n) is 7.57. The van der Waals surface area contributed by atoms with Gasteiger partial charge in [0.2, 0.25) is 0 Å². The van der Waals surface area contributed by atoms with E-state index in [1.165, 1.54) is 30.3 Å². The van der Waals surface area contributed by atoms with Gasteiger partial charge in [0.25, 0.3) is 15.9 Å². The normalized spacial score (nSPS) is 16.4. The van der Waals surface area contributed by atoms with Gasteiger partial charge in [-0.1, -0.05) is 0 Å². The largest absolute Gasteiger partial charge is 0.444 e. The maximum atomic E-state index is 12.4. The first-order valence-corrected chi connectivity index (χ1v) is 9.80. The summed E-state index contributed by atoms with van der Waals surface area (Å²) in [6.07, 6.45) is 1.56. The van der Waals surface area contributed by atoms with Crippen LogP contribution in [0, 0.1) is 0 Å². The quantitative estimate of drug-likeness (QED) is 0.811. The fourth-order valence-electron chi connectivity index (χ4n) is 2.44. The Balaban J connectivity index is 1.74. The zero-order valence-corrected chi connectivity index (χ0v) is 15.8. The number of likely N-dealkylation sites (tertiary alicyclic amines) is 1. The number of sulfonamides is 1. The summed E-state index contributed by atoms with van der Waals surface area (Å²) in [6.45, 7) is 0.808. The van der Waals surface area contributed by atoms with Gasteiger partial charge in [0, 0.05) is 25.7 Å². The number of hydrogen-bond acceptors (Lipinski definition) is 4. The van der Waals surface area contributed by atoms with Crippen molar-refractivity contribution >= 4 is 43.4 Å². The summed E-state index contributed by atoms with van der Waals surface area (Å²) >= 11 is 3.13. The van der Waals surface area contributed by atoms with Gasteiger partial charge in [-0.3, -0.25) is 4.79 Å². The highest BCUT2D eigenvalue weighted by molar-refractivity contribution is 9.10. The van der Waals surface area contributed by atoms with Crippen molar-refractivity contribution in [3.8, 4) is 0 Å². The molecule has 1 saturated heterocycles. The molecule has 0 aliphatic carbocycles. The molecular weight excluding hydrogens is 410 g/mol. The zero-order chi connectivity index (χ0) is 18.0. The van der Waals surface area contributed by atoms with E-state index in [1.54, 1.807) is 6.07 Å². The molecule has 1 N–H and O–H groups in total. The van der Waals surface area contributed by atoms with Gasteiger partial charge in [0.1, 0.15) is 5.84 Å². The predicted molar refractivity (Wildman–Crippen MR) is 97.3 cm³/mol. The molecule has 0 atom stereocenters. The molecule has 1 amide bonds. The number of anilines is 1. The molecule has 0 radical (unpaired) electrons. The van der Waals surface area contributed by atoms with Crippen LogP contribution in [0.3, 0.4) is 0 Å². The summed E-state index contributed by atoms with van der Waals surface area (Å²) in [7, 11) is -1.94. The number of carbonyl (C=O) groups excluding carboxylic acids is 1. The van der Waals surface area contributed by atoms with Gasteiger partial charge in [-0.05, 0) is 58.7 Å². The van der Waals surface area contributed by atoms with Crippen LogP contribution >= 0.6 is 15.9 Å². The summed E-state index contributed by atoms with van der Waals surface area (Å²) in [5, 5.41) is 2.64. The molecule has 0 unspecified atom stereocenters. The van der Waals surface area contributed by atoms with Gasteiger partial charge in [-0.15, -0.1) is 4.40 Å². The van der Waals surface area contributed by atoms with Crippen LogP contribution in [-0.4, -0.2) is 38.7 Å². The molecule has 1 aliphatic rings. The van der Waals surface area contributed by atoms with Gasteiger partial charge < -0.3 is 14.6 Å². The van der Waals surface area contributed by atoms with E-state index >= 15 is 0 Å². The van der Waals surface area contributed by atoms with Crippen LogP contribution in [0.5, 0.6) is 0 Å². The van der Waals surface area contributed by atoms with Crippen molar-refractivity contribution in [3.05, 3.63) is 46.8 Å². The first-order chi connectivity index (χ1) is 11.8. The van der Waals surface area contributed by atoms with E-state index in [4.69, 9.17) is 4.42 Å². The third-order valence-electron chi connectivity index (χ3n) is 3.77. The van der Waals surface area contributed by atoms with Crippen LogP contribution in [0.25, 0.3) is 0 Å². The van der Waals surface area contributed by atoms with E-state index in [0.29, 0.717) is 22.6 Å². The Hall–Kier alpha value is -2.13. The van der Waals surface area contributed by atoms with Gasteiger partial charge in [-0.25, -0.2) is 0 Å². The molecule has 1 aromatic heterocycles. The third-order valence-corrected chi connectivity index (χ3v) is 5.51. The fraction of sp³-hybridized carbons (Fsp3) is 0.250. The van der Waals surface area contributed by atoms with E-state index in [-0.39, 0.29) is 10.7 Å². The van der Waals surface area contributed by atoms with Crippen molar-refractivity contribution in [3.63, 3.8) is 0 Å². The first kappa shape index (κ1) is 17.7. The minimum absolute atomic E-state index is 0.0824. The van der Waals surface area contributed by atoms with Crippen molar-refractivity contribution in [1.82, 2.24) is 4.90 Å². The maximum absolute atomic E-state index is 12.4. The molecule has 9 heteroatoms. The zero-order valence-electron chi connectivity index (χ0n) is 13.4. The van der Waals surface area contributed by atoms with Gasteiger partial charge in [0.15, 0.2) is 10.4 Å². The van der Waals surface area contributed by atoms with Crippen molar-refractivity contribution < 1.29 is 17.6 Å². The van der Waals surface area contributed by atoms with Crippen molar-refractivity contribution in [2.75, 3.05) is 18.9 Å². The average Bonchev–Trinajstić information content (AvgIpc) is 3.17. The Morgan fingerprint density at radius 3 is 2.52 bits per heavy atom. The Morgan fingerprint density at radius 1 is 1.24 bits per heavy atom. The molecule has 1 aliphatic heterocycles. The van der Waals surface area contributed by atoms with E-state index in [0.717, 1.165) is 13.0 Å². The van der Waals surface area contributed by atoms with E-state index in [2.05, 4.69) is 25.6 Å². The SMILES string of the molecule is CN1CCC/C1=N\S(=O)(=O)c1ccc(NC(=O)c2ccc(Br)o2)cc1. The molecule has 0 bridgehead atoms. The van der Waals surface area contributed by atoms with E-state index in [9.17, 15) is 13.2 Å². The highest BCUT2D eigenvalue weighted by Gasteiger charge is 2.20. The minimum Gasteiger partial charge on any atom is -0.444 e. The lowest BCUT2D eigenvalue weighted by atomic mass is 10.3. The summed E-state index contributed by atoms with van der Waals surface area (Å²) < 4.78 is 34.3. The monoisotopic (exact) mass is 425 g/mol. The van der Waals surface area contributed by atoms with Crippen molar-refractivity contribution in [2.45, 2.75) is 17.7 Å². The number of halogens is 1. The van der Waals surface area contributed by atoms with Crippen molar-refractivity contribution in [2.24, 2.45) is 4.40 Å². The second-order valence-electron chi connectivity index (χ2n) is 5.59. The summed E-state index contributed by atoms with van der Waals surface area (Å²) in [5.41, 5.74) is 0.460. The topological polar surface area (TPSA) is 92.0 Å². The fourth-order valence-corrected chi connectivity index (χ4v) is 3.84. The van der Waals surface area contributed by atoms with Gasteiger partial charge >= 0.3 is 0 Å². The highest BCUT2D eigenvalue weighted by atomic mass is 79.9. The second-order valence-corrected chi connectivity index (χ2v) is 7.98. The molecule has 7 nitrogen and oxygen atoms in total. The number of rotatable bonds is 4. The van der Waals surface area contributed by atoms with Crippen molar-refractivity contribution in [1.29, 1.82) is 0 Å². The number of amidine groups is 1. The Kier molecular flexibility index (Phi) is 4.96. The molecule has 1 aromatic carbocycles. The minimum atomic E-state index is -3.76. The Labute approximate surface area is 153 Å². The Morgan fingerprint density at radius 2 is 1.96 bits per heavy atom. The number of hydrogen-bond donors (Lipinski definition) is 1. The Bertz CT molecular complexity index is 919. The lowest BCUT2D eigenvalue weighted by Crippen LogP contribution is -2.20. The number of nitrogens with zero attached hydrogens (tertiary/aromatic N) is 2. The average molecular weight is 426 g/mol. The number of amides is 1. The summed E-state index contributed by atoms with van der Waals surface area (Å²) in [4.78, 5) is 13.9. The predicted octanol–water partition coefficient (Wildman–Crippen LogP) is 3.11. The third kappa shape index (κ3) is 4.10. The second kappa shape index (κ2) is 7.01. The van der Waals surface area contributed by atoms with E-state index < -0.39 is 15.9 Å². The number of benzene rings is 1. The van der Waals surface area contributed by atoms with Gasteiger partial charge in [-0.2, -0.15) is 8.42 Å². The van der Waals surface area contributed by atoms with Crippen LogP contribution in [-0.2, 0) is 10.0 Å². The smallest absolute Gasteiger partial charge is 0.291 e. The lowest BCUT2D eigenvalue weighted by molar-refractivity contribution is 0.0995. The van der Waals surface area contributed by atoms with Crippen LogP contribution < -0.4 is 5.32 Å². The molecule has 2 aromatic rings. The highest BCUT2D eigenvalue weighted by Crippen LogP contribution is 2.20. The van der Waals surface area contributed by atoms with Gasteiger partial charge in [0.05, 0.1) is 4.90 Å². The molecule has 1 fully saturated rings. The molecule has 25 heavy (non-hydrogen) atoms. The van der Waals surface area contributed by atoms with E-state index in [1.807, 2.05) is 11.9 Å². The molecule has 0 spiro atoms. The molecule has 132 valence electrons. The number of carbonyl (C=O) groups is 1.